The molecule has 432 valence electrons. The molecule has 5 aliphatic rings. The third-order valence-electron chi connectivity index (χ3n) is 15.7. The topological polar surface area (TPSA) is 327 Å². The number of aryl methyl sites for hydroxylation is 1. The van der Waals surface area contributed by atoms with Crippen molar-refractivity contribution in [2.24, 2.45) is 35.3 Å². The predicted molar refractivity (Wildman–Crippen MR) is 296 cm³/mol. The van der Waals surface area contributed by atoms with Gasteiger partial charge >= 0.3 is 6.09 Å². The average molecular weight is 1110 g/mol. The molecule has 0 saturated heterocycles. The van der Waals surface area contributed by atoms with Crippen LogP contribution in [0.25, 0.3) is 11.1 Å². The number of nitrogens with two attached hydrogens (primary N) is 1. The second-order valence-electron chi connectivity index (χ2n) is 22.5. The number of hydrogen-bond acceptors (Lipinski definition) is 13. The molecule has 4 fully saturated rings. The van der Waals surface area contributed by atoms with Gasteiger partial charge in [-0.25, -0.2) is 4.79 Å². The fourth-order valence-corrected chi connectivity index (χ4v) is 11.8. The molecule has 80 heavy (non-hydrogen) atoms. The zero-order chi connectivity index (χ0) is 58.1. The summed E-state index contributed by atoms with van der Waals surface area (Å²) in [6.07, 6.45) is 5.98. The number of phenolic OH excluding ortho intramolecular Hbond substituents is 1. The molecule has 3 aromatic carbocycles. The Bertz CT molecular complexity index is 2800. The lowest BCUT2D eigenvalue weighted by Gasteiger charge is -2.54. The van der Waals surface area contributed by atoms with E-state index in [2.05, 4.69) is 54.8 Å². The number of hydrogen-bond donors (Lipinski definition) is 11. The molecule has 1 aliphatic heterocycles. The van der Waals surface area contributed by atoms with Gasteiger partial charge in [0.1, 0.15) is 53.5 Å². The summed E-state index contributed by atoms with van der Waals surface area (Å²) in [6.45, 7) is 12.3. The number of phenols is 1. The molecular formula is C58H78N10O12. The van der Waals surface area contributed by atoms with E-state index in [0.717, 1.165) is 38.5 Å². The van der Waals surface area contributed by atoms with Gasteiger partial charge in [-0.2, -0.15) is 0 Å². The third kappa shape index (κ3) is 14.9. The van der Waals surface area contributed by atoms with Gasteiger partial charge in [0.05, 0.1) is 19.1 Å². The molecule has 8 rings (SSSR count). The van der Waals surface area contributed by atoms with Crippen LogP contribution < -0.4 is 63.1 Å². The van der Waals surface area contributed by atoms with E-state index in [4.69, 9.17) is 15.2 Å². The molecule has 3 aromatic rings. The van der Waals surface area contributed by atoms with Crippen LogP contribution in [0.2, 0.25) is 0 Å². The molecule has 7 atom stereocenters. The molecule has 9 amide bonds. The Morgan fingerprint density at radius 3 is 2.00 bits per heavy atom. The number of benzene rings is 3. The van der Waals surface area contributed by atoms with Crippen molar-refractivity contribution < 1.29 is 57.7 Å². The maximum atomic E-state index is 15.0. The number of rotatable bonds is 21. The number of aromatic hydroxyl groups is 1. The minimum atomic E-state index is -1.58. The van der Waals surface area contributed by atoms with Crippen molar-refractivity contribution in [3.8, 4) is 28.4 Å². The Morgan fingerprint density at radius 1 is 0.750 bits per heavy atom. The minimum absolute atomic E-state index is 0.00360. The molecule has 4 aliphatic carbocycles. The number of primary amides is 1. The molecule has 12 N–H and O–H groups in total. The van der Waals surface area contributed by atoms with E-state index in [-0.39, 0.29) is 57.5 Å². The van der Waals surface area contributed by atoms with Crippen molar-refractivity contribution >= 4 is 59.0 Å². The number of ether oxygens (including phenoxy) is 2. The molecule has 0 radical (unpaired) electrons. The van der Waals surface area contributed by atoms with Gasteiger partial charge in [0, 0.05) is 17.3 Å². The van der Waals surface area contributed by atoms with Gasteiger partial charge in [0.15, 0.2) is 0 Å². The second-order valence-corrected chi connectivity index (χ2v) is 22.5. The number of likely N-dealkylation sites (N-methyl/N-ethyl adjacent to an activating group) is 1. The van der Waals surface area contributed by atoms with Crippen LogP contribution in [0.5, 0.6) is 17.2 Å². The van der Waals surface area contributed by atoms with E-state index >= 15 is 4.79 Å². The van der Waals surface area contributed by atoms with Crippen LogP contribution in [0.3, 0.4) is 0 Å². The van der Waals surface area contributed by atoms with E-state index in [0.29, 0.717) is 41.9 Å². The lowest BCUT2D eigenvalue weighted by Crippen LogP contribution is -2.58. The van der Waals surface area contributed by atoms with Gasteiger partial charge in [-0.1, -0.05) is 33.3 Å². The highest BCUT2D eigenvalue weighted by molar-refractivity contribution is 6.00. The molecular weight excluding hydrogens is 1030 g/mol. The summed E-state index contributed by atoms with van der Waals surface area (Å²) in [4.78, 5) is 124. The highest BCUT2D eigenvalue weighted by Gasteiger charge is 2.49. The zero-order valence-corrected chi connectivity index (χ0v) is 46.8. The zero-order valence-electron chi connectivity index (χ0n) is 46.8. The molecule has 22 nitrogen and oxygen atoms in total. The standard InChI is InChI=1S/C58H78N10O12/c1-9-10-17-79-39-14-12-38(13-15-39)64-58(78)80-40-19-29(4)47-41-25-35(11-16-45(41)69)49(67-52(72)31(6)62-55(75)44(27-46(59)70)65-51(71)30(5)61-54(74)43(60-8)18-28(2)3)56(76)63-32(7)53(73)68-50(42(47)26-40)57(77)66-48-36-21-33-20-34(23-36)24-37(48)22-33/h11-16,19,25-26,28,30-34,36-37,43-44,48-50,60,69H,9-10,17-18,20-24,27H2,1-8H3,(H2,59,70)(H,61,74)(H,62,75)(H,63,76)(H,64,78)(H,65,71)(H,66,77)(H,67,72)(H,68,73)/t30-,31-,32+,33?,34?,36?,37?,43-,44+,48?,49-,50+/m1/s1. The Labute approximate surface area is 466 Å². The molecule has 22 heteroatoms. The normalized spacial score (nSPS) is 23.4. The fourth-order valence-electron chi connectivity index (χ4n) is 11.8. The predicted octanol–water partition coefficient (Wildman–Crippen LogP) is 3.93. The monoisotopic (exact) mass is 1110 g/mol. The van der Waals surface area contributed by atoms with Crippen LogP contribution in [-0.4, -0.2) is 108 Å². The lowest BCUT2D eigenvalue weighted by atomic mass is 9.54. The number of anilines is 1. The first-order valence-corrected chi connectivity index (χ1v) is 27.8. The molecule has 0 spiro atoms. The number of nitrogens with one attached hydrogen (secondary N) is 9. The Balaban J connectivity index is 1.17. The van der Waals surface area contributed by atoms with Crippen LogP contribution in [0.4, 0.5) is 10.5 Å². The first kappa shape index (κ1) is 59.9. The van der Waals surface area contributed by atoms with E-state index < -0.39 is 102 Å². The van der Waals surface area contributed by atoms with Crippen LogP contribution in [0.15, 0.2) is 54.6 Å². The summed E-state index contributed by atoms with van der Waals surface area (Å²) < 4.78 is 11.6. The van der Waals surface area contributed by atoms with Crippen LogP contribution in [0.1, 0.15) is 128 Å². The number of carbonyl (C=O) groups excluding carboxylic acids is 9. The lowest BCUT2D eigenvalue weighted by molar-refractivity contribution is -0.136. The number of carbonyl (C=O) groups is 9. The average Bonchev–Trinajstić information content (AvgIpc) is 3.51. The molecule has 4 saturated carbocycles. The summed E-state index contributed by atoms with van der Waals surface area (Å²) >= 11 is 0. The molecule has 1 heterocycles. The Morgan fingerprint density at radius 2 is 1.39 bits per heavy atom. The van der Waals surface area contributed by atoms with E-state index in [1.807, 2.05) is 13.8 Å². The smallest absolute Gasteiger partial charge is 0.417 e. The van der Waals surface area contributed by atoms with Gasteiger partial charge in [0.25, 0.3) is 0 Å². The van der Waals surface area contributed by atoms with E-state index in [1.54, 1.807) is 38.2 Å². The molecule has 6 bridgehead atoms. The summed E-state index contributed by atoms with van der Waals surface area (Å²) in [5, 5.41) is 36.3. The Hall–Kier alpha value is -7.75. The summed E-state index contributed by atoms with van der Waals surface area (Å²) in [5.74, 6) is -4.09. The van der Waals surface area contributed by atoms with Crippen molar-refractivity contribution in [1.82, 2.24) is 42.5 Å². The van der Waals surface area contributed by atoms with Crippen molar-refractivity contribution in [2.75, 3.05) is 19.0 Å². The fraction of sp³-hybridized carbons (Fsp3) is 0.534. The van der Waals surface area contributed by atoms with Crippen molar-refractivity contribution in [2.45, 2.75) is 155 Å². The maximum Gasteiger partial charge on any atom is 0.417 e. The summed E-state index contributed by atoms with van der Waals surface area (Å²) in [5.41, 5.74) is 6.88. The third-order valence-corrected chi connectivity index (χ3v) is 15.7. The molecule has 0 aromatic heterocycles. The number of unbranched alkanes of at least 4 members (excludes halogenated alkanes) is 1. The van der Waals surface area contributed by atoms with Gasteiger partial charge < -0.3 is 62.8 Å². The van der Waals surface area contributed by atoms with Gasteiger partial charge in [-0.05, 0) is 180 Å². The second kappa shape index (κ2) is 26.5. The van der Waals surface area contributed by atoms with Gasteiger partial charge in [0.2, 0.25) is 47.3 Å². The quantitative estimate of drug-likeness (QED) is 0.0675. The summed E-state index contributed by atoms with van der Waals surface area (Å²) in [6, 6.07) is 4.65. The largest absolute Gasteiger partial charge is 0.507 e. The van der Waals surface area contributed by atoms with Crippen molar-refractivity contribution in [3.63, 3.8) is 0 Å². The first-order chi connectivity index (χ1) is 38.0. The first-order valence-electron chi connectivity index (χ1n) is 27.8. The molecule has 0 unspecified atom stereocenters. The maximum absolute atomic E-state index is 15.0. The van der Waals surface area contributed by atoms with Crippen LogP contribution in [-0.2, 0) is 38.4 Å². The van der Waals surface area contributed by atoms with E-state index in [9.17, 15) is 43.5 Å². The minimum Gasteiger partial charge on any atom is -0.507 e. The number of amides is 9. The highest BCUT2D eigenvalue weighted by Crippen LogP contribution is 2.54. The SMILES string of the molecule is CCCCOc1ccc(NC(=O)Oc2cc(C)c3c(c2)[C@@H](C(=O)NC2C4CC5CC(C4)CC2C5)NC(=O)[C@H](C)NC(=O)[C@H](NC(=O)[C@@H](C)NC(=O)[C@H](CC(N)=O)NC(=O)[C@@H](C)NC(=O)[C@@H](CC(C)C)NC)c2ccc(O)c-3c2)cc1. The van der Waals surface area contributed by atoms with Gasteiger partial charge in [-0.3, -0.25) is 43.7 Å². The van der Waals surface area contributed by atoms with Crippen molar-refractivity contribution in [3.05, 3.63) is 71.3 Å². The van der Waals surface area contributed by atoms with Crippen molar-refractivity contribution in [1.29, 1.82) is 0 Å². The van der Waals surface area contributed by atoms with Gasteiger partial charge in [-0.15, -0.1) is 0 Å². The van der Waals surface area contributed by atoms with Crippen LogP contribution in [0, 0.1) is 36.5 Å². The van der Waals surface area contributed by atoms with E-state index in [1.165, 1.54) is 57.5 Å². The number of fused-ring (bicyclic) bond motifs is 4. The highest BCUT2D eigenvalue weighted by atomic mass is 16.6. The Kier molecular flexibility index (Phi) is 19.8. The summed E-state index contributed by atoms with van der Waals surface area (Å²) in [7, 11) is 1.61. The van der Waals surface area contributed by atoms with Crippen LogP contribution >= 0.6 is 0 Å².